The Morgan fingerprint density at radius 1 is 1.73 bits per heavy atom. The Labute approximate surface area is 97.9 Å². The molecule has 0 aromatic carbocycles. The van der Waals surface area contributed by atoms with Crippen molar-refractivity contribution in [1.29, 1.82) is 0 Å². The SMILES string of the molecule is CC(C(N)=NO)N(C)Cc1ccc(Cl)s1. The largest absolute Gasteiger partial charge is 0.409 e. The number of halogens is 1. The Morgan fingerprint density at radius 3 is 2.87 bits per heavy atom. The number of oxime groups is 1. The van der Waals surface area contributed by atoms with E-state index in [0.29, 0.717) is 0 Å². The van der Waals surface area contributed by atoms with Crippen molar-refractivity contribution in [2.24, 2.45) is 10.9 Å². The van der Waals surface area contributed by atoms with Gasteiger partial charge in [0.1, 0.15) is 0 Å². The summed E-state index contributed by atoms with van der Waals surface area (Å²) in [6.45, 7) is 2.61. The summed E-state index contributed by atoms with van der Waals surface area (Å²) in [5, 5.41) is 11.5. The zero-order chi connectivity index (χ0) is 11.4. The molecule has 15 heavy (non-hydrogen) atoms. The molecule has 1 atom stereocenters. The van der Waals surface area contributed by atoms with Gasteiger partial charge >= 0.3 is 0 Å². The van der Waals surface area contributed by atoms with Crippen molar-refractivity contribution in [3.05, 3.63) is 21.3 Å². The summed E-state index contributed by atoms with van der Waals surface area (Å²) in [5.74, 6) is 0.208. The third kappa shape index (κ3) is 3.37. The predicted molar refractivity (Wildman–Crippen MR) is 63.7 cm³/mol. The number of thiophene rings is 1. The molecule has 0 aliphatic heterocycles. The molecule has 0 fully saturated rings. The summed E-state index contributed by atoms with van der Waals surface area (Å²) < 4.78 is 0.773. The first-order valence-electron chi connectivity index (χ1n) is 4.46. The van der Waals surface area contributed by atoms with Crippen LogP contribution >= 0.6 is 22.9 Å². The van der Waals surface area contributed by atoms with Crippen LogP contribution in [0.15, 0.2) is 17.3 Å². The van der Waals surface area contributed by atoms with Crippen LogP contribution in [-0.2, 0) is 6.54 Å². The average Bonchev–Trinajstić information content (AvgIpc) is 2.61. The highest BCUT2D eigenvalue weighted by atomic mass is 35.5. The Bertz CT molecular complexity index is 353. The van der Waals surface area contributed by atoms with E-state index < -0.39 is 0 Å². The van der Waals surface area contributed by atoms with Crippen molar-refractivity contribution in [3.63, 3.8) is 0 Å². The maximum atomic E-state index is 8.54. The van der Waals surface area contributed by atoms with Crippen LogP contribution in [0, 0.1) is 0 Å². The molecular weight excluding hydrogens is 234 g/mol. The molecule has 0 aliphatic rings. The zero-order valence-electron chi connectivity index (χ0n) is 8.64. The molecule has 84 valence electrons. The number of likely N-dealkylation sites (N-methyl/N-ethyl adjacent to an activating group) is 1. The normalized spacial score (nSPS) is 14.5. The van der Waals surface area contributed by atoms with Gasteiger partial charge in [-0.05, 0) is 26.1 Å². The molecule has 0 saturated carbocycles. The fraction of sp³-hybridized carbons (Fsp3) is 0.444. The summed E-state index contributed by atoms with van der Waals surface area (Å²) >= 11 is 7.36. The Kier molecular flexibility index (Phi) is 4.38. The lowest BCUT2D eigenvalue weighted by Gasteiger charge is -2.22. The first kappa shape index (κ1) is 12.3. The van der Waals surface area contributed by atoms with Crippen LogP contribution in [-0.4, -0.2) is 29.0 Å². The van der Waals surface area contributed by atoms with Gasteiger partial charge in [0.05, 0.1) is 10.4 Å². The van der Waals surface area contributed by atoms with Crippen LogP contribution in [0.3, 0.4) is 0 Å². The molecule has 1 rings (SSSR count). The van der Waals surface area contributed by atoms with E-state index in [1.54, 1.807) is 0 Å². The Morgan fingerprint density at radius 2 is 2.40 bits per heavy atom. The van der Waals surface area contributed by atoms with Gasteiger partial charge in [-0.2, -0.15) is 0 Å². The van der Waals surface area contributed by atoms with Gasteiger partial charge in [0.2, 0.25) is 0 Å². The lowest BCUT2D eigenvalue weighted by molar-refractivity contribution is 0.280. The molecular formula is C9H14ClN3OS. The van der Waals surface area contributed by atoms with Gasteiger partial charge < -0.3 is 10.9 Å². The number of hydrogen-bond acceptors (Lipinski definition) is 4. The van der Waals surface area contributed by atoms with Gasteiger partial charge in [0.25, 0.3) is 0 Å². The Balaban J connectivity index is 2.59. The summed E-state index contributed by atoms with van der Waals surface area (Å²) in [7, 11) is 1.91. The van der Waals surface area contributed by atoms with E-state index in [-0.39, 0.29) is 11.9 Å². The first-order chi connectivity index (χ1) is 7.04. The minimum Gasteiger partial charge on any atom is -0.409 e. The molecule has 0 amide bonds. The second kappa shape index (κ2) is 5.34. The van der Waals surface area contributed by atoms with Gasteiger partial charge in [-0.3, -0.25) is 4.90 Å². The minimum atomic E-state index is -0.101. The van der Waals surface area contributed by atoms with Crippen molar-refractivity contribution >= 4 is 28.8 Å². The molecule has 1 aromatic heterocycles. The number of nitrogens with two attached hydrogens (primary N) is 1. The van der Waals surface area contributed by atoms with E-state index in [4.69, 9.17) is 22.5 Å². The van der Waals surface area contributed by atoms with E-state index >= 15 is 0 Å². The van der Waals surface area contributed by atoms with Crippen molar-refractivity contribution in [3.8, 4) is 0 Å². The Hall–Kier alpha value is -0.780. The van der Waals surface area contributed by atoms with Gasteiger partial charge in [-0.1, -0.05) is 16.8 Å². The highest BCUT2D eigenvalue weighted by Gasteiger charge is 2.14. The molecule has 0 radical (unpaired) electrons. The third-order valence-electron chi connectivity index (χ3n) is 2.24. The predicted octanol–water partition coefficient (Wildman–Crippen LogP) is 1.97. The van der Waals surface area contributed by atoms with Crippen molar-refractivity contribution < 1.29 is 5.21 Å². The van der Waals surface area contributed by atoms with Crippen LogP contribution in [0.5, 0.6) is 0 Å². The summed E-state index contributed by atoms with van der Waals surface area (Å²) in [5.41, 5.74) is 5.51. The van der Waals surface area contributed by atoms with E-state index in [1.165, 1.54) is 11.3 Å². The highest BCUT2D eigenvalue weighted by Crippen LogP contribution is 2.22. The summed E-state index contributed by atoms with van der Waals surface area (Å²) in [4.78, 5) is 3.14. The second-order valence-corrected chi connectivity index (χ2v) is 5.12. The standard InChI is InChI=1S/C9H14ClN3OS/c1-6(9(11)12-14)13(2)5-7-3-4-8(10)15-7/h3-4,6,14H,5H2,1-2H3,(H2,11,12). The molecule has 1 heterocycles. The molecule has 0 aliphatic carbocycles. The zero-order valence-corrected chi connectivity index (χ0v) is 10.2. The van der Waals surface area contributed by atoms with E-state index in [1.807, 2.05) is 31.0 Å². The molecule has 3 N–H and O–H groups in total. The second-order valence-electron chi connectivity index (χ2n) is 3.32. The van der Waals surface area contributed by atoms with Gasteiger partial charge in [0.15, 0.2) is 5.84 Å². The summed E-state index contributed by atoms with van der Waals surface area (Å²) in [6, 6.07) is 3.74. The summed E-state index contributed by atoms with van der Waals surface area (Å²) in [6.07, 6.45) is 0. The molecule has 1 aromatic rings. The van der Waals surface area contributed by atoms with Gasteiger partial charge in [-0.15, -0.1) is 11.3 Å². The smallest absolute Gasteiger partial charge is 0.156 e. The molecule has 0 saturated heterocycles. The van der Waals surface area contributed by atoms with E-state index in [2.05, 4.69) is 5.16 Å². The molecule has 4 nitrogen and oxygen atoms in total. The van der Waals surface area contributed by atoms with E-state index in [0.717, 1.165) is 15.8 Å². The fourth-order valence-electron chi connectivity index (χ4n) is 1.13. The molecule has 6 heteroatoms. The lowest BCUT2D eigenvalue weighted by atomic mass is 10.2. The monoisotopic (exact) mass is 247 g/mol. The number of rotatable bonds is 4. The van der Waals surface area contributed by atoms with Crippen molar-refractivity contribution in [2.75, 3.05) is 7.05 Å². The van der Waals surface area contributed by atoms with Crippen molar-refractivity contribution in [1.82, 2.24) is 4.90 Å². The highest BCUT2D eigenvalue weighted by molar-refractivity contribution is 7.16. The first-order valence-corrected chi connectivity index (χ1v) is 5.66. The minimum absolute atomic E-state index is 0.101. The topological polar surface area (TPSA) is 61.9 Å². The van der Waals surface area contributed by atoms with Crippen LogP contribution in [0.2, 0.25) is 4.34 Å². The maximum Gasteiger partial charge on any atom is 0.156 e. The van der Waals surface area contributed by atoms with Gasteiger partial charge in [0, 0.05) is 11.4 Å². The number of amidine groups is 1. The quantitative estimate of drug-likeness (QED) is 0.370. The molecule has 0 spiro atoms. The maximum absolute atomic E-state index is 8.54. The molecule has 0 bridgehead atoms. The average molecular weight is 248 g/mol. The van der Waals surface area contributed by atoms with Crippen molar-refractivity contribution in [2.45, 2.75) is 19.5 Å². The van der Waals surface area contributed by atoms with E-state index in [9.17, 15) is 0 Å². The third-order valence-corrected chi connectivity index (χ3v) is 3.45. The van der Waals surface area contributed by atoms with Crippen LogP contribution in [0.4, 0.5) is 0 Å². The molecule has 1 unspecified atom stereocenters. The lowest BCUT2D eigenvalue weighted by Crippen LogP contribution is -2.39. The van der Waals surface area contributed by atoms with Crippen LogP contribution in [0.25, 0.3) is 0 Å². The van der Waals surface area contributed by atoms with Crippen LogP contribution < -0.4 is 5.73 Å². The van der Waals surface area contributed by atoms with Crippen LogP contribution in [0.1, 0.15) is 11.8 Å². The van der Waals surface area contributed by atoms with Gasteiger partial charge in [-0.25, -0.2) is 0 Å². The fourth-order valence-corrected chi connectivity index (χ4v) is 2.28. The number of hydrogen-bond donors (Lipinski definition) is 2. The number of nitrogens with zero attached hydrogens (tertiary/aromatic N) is 2.